The van der Waals surface area contributed by atoms with Crippen LogP contribution >= 0.6 is 0 Å². The van der Waals surface area contributed by atoms with Crippen LogP contribution in [0.2, 0.25) is 0 Å². The van der Waals surface area contributed by atoms with Crippen LogP contribution in [0.1, 0.15) is 5.56 Å². The molecule has 1 aromatic rings. The summed E-state index contributed by atoms with van der Waals surface area (Å²) in [4.78, 5) is 0. The molecule has 1 aromatic carbocycles. The van der Waals surface area contributed by atoms with Crippen LogP contribution in [0.5, 0.6) is 0 Å². The second-order valence-electron chi connectivity index (χ2n) is 2.59. The molecule has 0 fully saturated rings. The van der Waals surface area contributed by atoms with Crippen molar-refractivity contribution in [3.8, 4) is 0 Å². The predicted octanol–water partition coefficient (Wildman–Crippen LogP) is 1.67. The third-order valence-corrected chi connectivity index (χ3v) is 2.15. The zero-order chi connectivity index (χ0) is 10.1. The maximum Gasteiger partial charge on any atom is 0.155 e. The van der Waals surface area contributed by atoms with Crippen molar-refractivity contribution < 1.29 is 17.2 Å². The number of halogens is 2. The van der Waals surface area contributed by atoms with Crippen LogP contribution in [0, 0.1) is 17.9 Å². The van der Waals surface area contributed by atoms with Gasteiger partial charge < -0.3 is 0 Å². The lowest BCUT2D eigenvalue weighted by Crippen LogP contribution is -2.03. The molecule has 0 spiro atoms. The van der Waals surface area contributed by atoms with Gasteiger partial charge in [-0.1, -0.05) is 6.07 Å². The first kappa shape index (κ1) is 10.1. The molecule has 0 bridgehead atoms. The van der Waals surface area contributed by atoms with E-state index in [9.17, 15) is 17.2 Å². The summed E-state index contributed by atoms with van der Waals surface area (Å²) in [5.41, 5.74) is -0.461. The van der Waals surface area contributed by atoms with Crippen LogP contribution < -0.4 is 0 Å². The van der Waals surface area contributed by atoms with E-state index in [1.54, 1.807) is 0 Å². The molecule has 5 heteroatoms. The van der Waals surface area contributed by atoms with Gasteiger partial charge in [-0.15, -0.1) is 0 Å². The standard InChI is InChI=1S/C8H7F2O2S/c1-13(11,12)5-6-7(9)3-2-4-8(6)10/h2-4H,1,5H2. The van der Waals surface area contributed by atoms with Gasteiger partial charge in [-0.05, 0) is 12.1 Å². The van der Waals surface area contributed by atoms with Gasteiger partial charge in [0.2, 0.25) is 0 Å². The summed E-state index contributed by atoms with van der Waals surface area (Å²) in [6.07, 6.45) is 2.79. The molecule has 2 nitrogen and oxygen atoms in total. The minimum atomic E-state index is -3.65. The fraction of sp³-hybridized carbons (Fsp3) is 0.125. The normalized spacial score (nSPS) is 11.6. The monoisotopic (exact) mass is 205 g/mol. The zero-order valence-electron chi connectivity index (χ0n) is 6.63. The van der Waals surface area contributed by atoms with E-state index >= 15 is 0 Å². The van der Waals surface area contributed by atoms with E-state index < -0.39 is 32.8 Å². The van der Waals surface area contributed by atoms with Gasteiger partial charge in [0.1, 0.15) is 11.6 Å². The molecule has 0 heterocycles. The Labute approximate surface area is 75.1 Å². The first-order valence-electron chi connectivity index (χ1n) is 3.39. The Morgan fingerprint density at radius 1 is 1.23 bits per heavy atom. The summed E-state index contributed by atoms with van der Waals surface area (Å²) >= 11 is 0. The lowest BCUT2D eigenvalue weighted by Gasteiger charge is -2.01. The van der Waals surface area contributed by atoms with Crippen molar-refractivity contribution in [2.45, 2.75) is 5.75 Å². The Bertz CT molecular complexity index is 392. The van der Waals surface area contributed by atoms with Gasteiger partial charge in [0.25, 0.3) is 0 Å². The van der Waals surface area contributed by atoms with Crippen LogP contribution in [0.3, 0.4) is 0 Å². The van der Waals surface area contributed by atoms with Gasteiger partial charge in [-0.2, -0.15) is 0 Å². The maximum atomic E-state index is 12.8. The molecule has 71 valence electrons. The Hall–Kier alpha value is -0.970. The summed E-state index contributed by atoms with van der Waals surface area (Å²) in [7, 11) is -3.65. The molecule has 0 atom stereocenters. The lowest BCUT2D eigenvalue weighted by molar-refractivity contribution is 0.558. The summed E-state index contributed by atoms with van der Waals surface area (Å²) < 4.78 is 47.0. The highest BCUT2D eigenvalue weighted by Crippen LogP contribution is 2.14. The van der Waals surface area contributed by atoms with Crippen molar-refractivity contribution in [2.24, 2.45) is 0 Å². The van der Waals surface area contributed by atoms with Crippen molar-refractivity contribution in [1.29, 1.82) is 0 Å². The first-order chi connectivity index (χ1) is 5.90. The van der Waals surface area contributed by atoms with Gasteiger partial charge in [0.05, 0.1) is 12.0 Å². The SMILES string of the molecule is [CH2]S(=O)(=O)Cc1c(F)cccc1F. The van der Waals surface area contributed by atoms with Gasteiger partial charge in [0.15, 0.2) is 9.84 Å². The van der Waals surface area contributed by atoms with Crippen molar-refractivity contribution in [1.82, 2.24) is 0 Å². The number of rotatable bonds is 2. The van der Waals surface area contributed by atoms with Crippen molar-refractivity contribution in [3.05, 3.63) is 41.7 Å². The van der Waals surface area contributed by atoms with Crippen molar-refractivity contribution in [3.63, 3.8) is 0 Å². The zero-order valence-corrected chi connectivity index (χ0v) is 7.44. The summed E-state index contributed by atoms with van der Waals surface area (Å²) in [6, 6.07) is 3.18. The Morgan fingerprint density at radius 3 is 2.08 bits per heavy atom. The van der Waals surface area contributed by atoms with Crippen LogP contribution in [0.25, 0.3) is 0 Å². The highest BCUT2D eigenvalue weighted by atomic mass is 32.2. The molecule has 1 rings (SSSR count). The van der Waals surface area contributed by atoms with Gasteiger partial charge >= 0.3 is 0 Å². The van der Waals surface area contributed by atoms with E-state index in [1.165, 1.54) is 6.07 Å². The fourth-order valence-electron chi connectivity index (χ4n) is 0.890. The molecule has 1 radical (unpaired) electrons. The summed E-state index contributed by atoms with van der Waals surface area (Å²) in [5, 5.41) is 0. The van der Waals surface area contributed by atoms with E-state index in [0.29, 0.717) is 0 Å². The summed E-state index contributed by atoms with van der Waals surface area (Å²) in [5.74, 6) is -2.45. The highest BCUT2D eigenvalue weighted by Gasteiger charge is 2.13. The van der Waals surface area contributed by atoms with Gasteiger partial charge in [-0.3, -0.25) is 0 Å². The minimum absolute atomic E-state index is 0.461. The third-order valence-electron chi connectivity index (χ3n) is 1.43. The highest BCUT2D eigenvalue weighted by molar-refractivity contribution is 7.91. The van der Waals surface area contributed by atoms with Gasteiger partial charge in [-0.25, -0.2) is 17.2 Å². The molecule has 0 saturated carbocycles. The van der Waals surface area contributed by atoms with Gasteiger partial charge in [0, 0.05) is 5.56 Å². The summed E-state index contributed by atoms with van der Waals surface area (Å²) in [6.45, 7) is 0. The molecule has 0 aliphatic carbocycles. The van der Waals surface area contributed by atoms with E-state index in [0.717, 1.165) is 12.1 Å². The van der Waals surface area contributed by atoms with E-state index in [4.69, 9.17) is 0 Å². The van der Waals surface area contributed by atoms with Crippen LogP contribution in [0.15, 0.2) is 18.2 Å². The maximum absolute atomic E-state index is 12.8. The molecule has 0 unspecified atom stereocenters. The molecular weight excluding hydrogens is 198 g/mol. The molecule has 0 aromatic heterocycles. The topological polar surface area (TPSA) is 34.1 Å². The molecule has 13 heavy (non-hydrogen) atoms. The molecule has 0 saturated heterocycles. The molecule has 0 aliphatic rings. The largest absolute Gasteiger partial charge is 0.228 e. The smallest absolute Gasteiger partial charge is 0.155 e. The quantitative estimate of drug-likeness (QED) is 0.736. The number of hydrogen-bond donors (Lipinski definition) is 0. The predicted molar refractivity (Wildman–Crippen MR) is 44.3 cm³/mol. The van der Waals surface area contributed by atoms with Crippen LogP contribution in [0.4, 0.5) is 8.78 Å². The van der Waals surface area contributed by atoms with E-state index in [-0.39, 0.29) is 0 Å². The van der Waals surface area contributed by atoms with Crippen LogP contribution in [-0.4, -0.2) is 8.42 Å². The Morgan fingerprint density at radius 2 is 1.69 bits per heavy atom. The van der Waals surface area contributed by atoms with E-state index in [1.807, 2.05) is 0 Å². The average molecular weight is 205 g/mol. The molecular formula is C8H7F2O2S. The Balaban J connectivity index is 3.15. The van der Waals surface area contributed by atoms with E-state index in [2.05, 4.69) is 6.26 Å². The fourth-order valence-corrected chi connectivity index (χ4v) is 1.61. The van der Waals surface area contributed by atoms with Crippen molar-refractivity contribution >= 4 is 9.84 Å². The Kier molecular flexibility index (Phi) is 2.66. The lowest BCUT2D eigenvalue weighted by atomic mass is 10.2. The molecule has 0 aliphatic heterocycles. The second-order valence-corrected chi connectivity index (χ2v) is 4.36. The average Bonchev–Trinajstić information content (AvgIpc) is 1.95. The van der Waals surface area contributed by atoms with Crippen LogP contribution in [-0.2, 0) is 15.6 Å². The molecule has 0 amide bonds. The molecule has 0 N–H and O–H groups in total. The number of sulfone groups is 1. The number of hydrogen-bond acceptors (Lipinski definition) is 2. The third kappa shape index (κ3) is 2.77. The second kappa shape index (κ2) is 3.41. The number of benzene rings is 1. The first-order valence-corrected chi connectivity index (χ1v) is 5.21. The minimum Gasteiger partial charge on any atom is -0.228 e. The van der Waals surface area contributed by atoms with Crippen molar-refractivity contribution in [2.75, 3.05) is 0 Å².